The second kappa shape index (κ2) is 4.92. The minimum Gasteiger partial charge on any atom is -0.507 e. The molecule has 0 saturated carbocycles. The van der Waals surface area contributed by atoms with Crippen molar-refractivity contribution in [3.8, 4) is 5.75 Å². The van der Waals surface area contributed by atoms with Crippen LogP contribution in [0.5, 0.6) is 5.75 Å². The molecule has 3 nitrogen and oxygen atoms in total. The fourth-order valence-electron chi connectivity index (χ4n) is 1.92. The van der Waals surface area contributed by atoms with Crippen molar-refractivity contribution in [3.05, 3.63) is 64.7 Å². The second-order valence-corrected chi connectivity index (χ2v) is 4.32. The highest BCUT2D eigenvalue weighted by Gasteiger charge is 2.10. The van der Waals surface area contributed by atoms with Crippen LogP contribution >= 0.6 is 0 Å². The predicted molar refractivity (Wildman–Crippen MR) is 69.1 cm³/mol. The molecule has 2 N–H and O–H groups in total. The first-order chi connectivity index (χ1) is 8.56. The number of carbonyl (C=O) groups is 1. The number of hydrogen-bond acceptors (Lipinski definition) is 2. The molecular formula is C15H14O3. The molecule has 0 aliphatic heterocycles. The molecule has 0 bridgehead atoms. The zero-order chi connectivity index (χ0) is 13.1. The maximum atomic E-state index is 10.9. The highest BCUT2D eigenvalue weighted by molar-refractivity contribution is 5.90. The van der Waals surface area contributed by atoms with Crippen LogP contribution in [-0.4, -0.2) is 16.2 Å². The van der Waals surface area contributed by atoms with Crippen LogP contribution in [0.3, 0.4) is 0 Å². The number of carboxylic acid groups (broad SMARTS) is 1. The Balaban J connectivity index is 2.30. The van der Waals surface area contributed by atoms with E-state index in [1.54, 1.807) is 6.07 Å². The SMILES string of the molecule is Cc1cccc(Cc2ccc(O)c(C(=O)O)c2)c1. The van der Waals surface area contributed by atoms with Gasteiger partial charge in [-0.2, -0.15) is 0 Å². The van der Waals surface area contributed by atoms with E-state index in [4.69, 9.17) is 5.11 Å². The van der Waals surface area contributed by atoms with Crippen LogP contribution in [0, 0.1) is 6.92 Å². The van der Waals surface area contributed by atoms with E-state index < -0.39 is 5.97 Å². The first-order valence-electron chi connectivity index (χ1n) is 5.67. The van der Waals surface area contributed by atoms with Gasteiger partial charge in [-0.3, -0.25) is 0 Å². The Bertz CT molecular complexity index is 588. The molecule has 0 atom stereocenters. The van der Waals surface area contributed by atoms with Crippen molar-refractivity contribution < 1.29 is 15.0 Å². The molecule has 0 fully saturated rings. The highest BCUT2D eigenvalue weighted by Crippen LogP contribution is 2.20. The minimum atomic E-state index is -1.11. The molecule has 2 aromatic rings. The van der Waals surface area contributed by atoms with Crippen LogP contribution in [0.2, 0.25) is 0 Å². The van der Waals surface area contributed by atoms with Gasteiger partial charge in [0.2, 0.25) is 0 Å². The van der Waals surface area contributed by atoms with E-state index in [-0.39, 0.29) is 11.3 Å². The average Bonchev–Trinajstić information content (AvgIpc) is 2.31. The van der Waals surface area contributed by atoms with Crippen molar-refractivity contribution in [2.24, 2.45) is 0 Å². The molecule has 18 heavy (non-hydrogen) atoms. The Labute approximate surface area is 105 Å². The molecule has 0 radical (unpaired) electrons. The van der Waals surface area contributed by atoms with Crippen molar-refractivity contribution in [2.75, 3.05) is 0 Å². The van der Waals surface area contributed by atoms with E-state index >= 15 is 0 Å². The average molecular weight is 242 g/mol. The molecule has 0 aliphatic rings. The summed E-state index contributed by atoms with van der Waals surface area (Å²) in [5, 5.41) is 18.4. The van der Waals surface area contributed by atoms with E-state index in [2.05, 4.69) is 6.07 Å². The van der Waals surface area contributed by atoms with Crippen LogP contribution < -0.4 is 0 Å². The summed E-state index contributed by atoms with van der Waals surface area (Å²) in [6.45, 7) is 2.02. The predicted octanol–water partition coefficient (Wildman–Crippen LogP) is 2.99. The van der Waals surface area contributed by atoms with E-state index in [0.717, 1.165) is 11.1 Å². The first kappa shape index (κ1) is 12.2. The Kier molecular flexibility index (Phi) is 3.33. The van der Waals surface area contributed by atoms with Gasteiger partial charge in [-0.15, -0.1) is 0 Å². The molecule has 2 rings (SSSR count). The third-order valence-electron chi connectivity index (χ3n) is 2.78. The fourth-order valence-corrected chi connectivity index (χ4v) is 1.92. The number of aryl methyl sites for hydroxylation is 1. The monoisotopic (exact) mass is 242 g/mol. The van der Waals surface area contributed by atoms with E-state index in [1.165, 1.54) is 17.7 Å². The van der Waals surface area contributed by atoms with Crippen LogP contribution in [0.1, 0.15) is 27.0 Å². The lowest BCUT2D eigenvalue weighted by molar-refractivity contribution is 0.0693. The number of rotatable bonds is 3. The summed E-state index contributed by atoms with van der Waals surface area (Å²) < 4.78 is 0. The lowest BCUT2D eigenvalue weighted by Gasteiger charge is -2.06. The second-order valence-electron chi connectivity index (χ2n) is 4.32. The van der Waals surface area contributed by atoms with Crippen LogP contribution in [0.15, 0.2) is 42.5 Å². The lowest BCUT2D eigenvalue weighted by Crippen LogP contribution is -1.99. The molecule has 0 saturated heterocycles. The van der Waals surface area contributed by atoms with Gasteiger partial charge in [-0.25, -0.2) is 4.79 Å². The van der Waals surface area contributed by atoms with Gasteiger partial charge in [0.1, 0.15) is 11.3 Å². The standard InChI is InChI=1S/C15H14O3/c1-10-3-2-4-11(7-10)8-12-5-6-14(16)13(9-12)15(17)18/h2-7,9,16H,8H2,1H3,(H,17,18). The summed E-state index contributed by atoms with van der Waals surface area (Å²) in [4.78, 5) is 10.9. The van der Waals surface area contributed by atoms with Gasteiger partial charge >= 0.3 is 5.97 Å². The molecule has 0 spiro atoms. The topological polar surface area (TPSA) is 57.5 Å². The number of aromatic hydroxyl groups is 1. The van der Waals surface area contributed by atoms with E-state index in [1.807, 2.05) is 25.1 Å². The largest absolute Gasteiger partial charge is 0.507 e. The maximum Gasteiger partial charge on any atom is 0.339 e. The number of carboxylic acids is 1. The van der Waals surface area contributed by atoms with Crippen molar-refractivity contribution in [3.63, 3.8) is 0 Å². The summed E-state index contributed by atoms with van der Waals surface area (Å²) in [5.41, 5.74) is 3.11. The molecule has 0 heterocycles. The Morgan fingerprint density at radius 1 is 1.11 bits per heavy atom. The molecule has 0 amide bonds. The molecule has 0 unspecified atom stereocenters. The lowest BCUT2D eigenvalue weighted by atomic mass is 10.0. The van der Waals surface area contributed by atoms with E-state index in [9.17, 15) is 9.90 Å². The Morgan fingerprint density at radius 3 is 2.50 bits per heavy atom. The zero-order valence-corrected chi connectivity index (χ0v) is 10.1. The van der Waals surface area contributed by atoms with Gasteiger partial charge in [0.25, 0.3) is 0 Å². The normalized spacial score (nSPS) is 10.3. The van der Waals surface area contributed by atoms with Gasteiger partial charge in [0.05, 0.1) is 0 Å². The quantitative estimate of drug-likeness (QED) is 0.869. The third kappa shape index (κ3) is 2.69. The van der Waals surface area contributed by atoms with Gasteiger partial charge in [0.15, 0.2) is 0 Å². The number of aromatic carboxylic acids is 1. The van der Waals surface area contributed by atoms with Gasteiger partial charge in [-0.05, 0) is 36.6 Å². The summed E-state index contributed by atoms with van der Waals surface area (Å²) >= 11 is 0. The smallest absolute Gasteiger partial charge is 0.339 e. The number of phenols is 1. The van der Waals surface area contributed by atoms with Crippen molar-refractivity contribution >= 4 is 5.97 Å². The summed E-state index contributed by atoms with van der Waals surface area (Å²) in [7, 11) is 0. The minimum absolute atomic E-state index is 0.0554. The molecule has 3 heteroatoms. The summed E-state index contributed by atoms with van der Waals surface area (Å²) in [6, 6.07) is 12.7. The number of benzene rings is 2. The van der Waals surface area contributed by atoms with Crippen molar-refractivity contribution in [1.29, 1.82) is 0 Å². The molecular weight excluding hydrogens is 228 g/mol. The number of hydrogen-bond donors (Lipinski definition) is 2. The van der Waals surface area contributed by atoms with Crippen molar-refractivity contribution in [2.45, 2.75) is 13.3 Å². The van der Waals surface area contributed by atoms with E-state index in [0.29, 0.717) is 6.42 Å². The Hall–Kier alpha value is -2.29. The maximum absolute atomic E-state index is 10.9. The third-order valence-corrected chi connectivity index (χ3v) is 2.78. The Morgan fingerprint density at radius 2 is 1.83 bits per heavy atom. The zero-order valence-electron chi connectivity index (χ0n) is 10.1. The van der Waals surface area contributed by atoms with Gasteiger partial charge in [0, 0.05) is 0 Å². The summed E-state index contributed by atoms with van der Waals surface area (Å²) in [6.07, 6.45) is 0.655. The fraction of sp³-hybridized carbons (Fsp3) is 0.133. The molecule has 92 valence electrons. The van der Waals surface area contributed by atoms with Crippen molar-refractivity contribution in [1.82, 2.24) is 0 Å². The molecule has 0 aliphatic carbocycles. The highest BCUT2D eigenvalue weighted by atomic mass is 16.4. The summed E-state index contributed by atoms with van der Waals surface area (Å²) in [5.74, 6) is -1.31. The van der Waals surface area contributed by atoms with Crippen LogP contribution in [0.25, 0.3) is 0 Å². The molecule has 2 aromatic carbocycles. The molecule has 0 aromatic heterocycles. The van der Waals surface area contributed by atoms with Gasteiger partial charge < -0.3 is 10.2 Å². The van der Waals surface area contributed by atoms with Gasteiger partial charge in [-0.1, -0.05) is 35.9 Å². The first-order valence-corrected chi connectivity index (χ1v) is 5.67. The van der Waals surface area contributed by atoms with Crippen LogP contribution in [-0.2, 0) is 6.42 Å². The van der Waals surface area contributed by atoms with Crippen LogP contribution in [0.4, 0.5) is 0 Å².